The summed E-state index contributed by atoms with van der Waals surface area (Å²) in [5.41, 5.74) is 1.21. The number of hydrogen-bond donors (Lipinski definition) is 0. The molecule has 0 radical (unpaired) electrons. The molecule has 0 saturated carbocycles. The zero-order chi connectivity index (χ0) is 16.1. The highest BCUT2D eigenvalue weighted by molar-refractivity contribution is 9.10. The first-order valence-corrected chi connectivity index (χ1v) is 8.10. The molecule has 0 aliphatic carbocycles. The number of benzene rings is 2. The normalized spacial score (nSPS) is 10.4. The quantitative estimate of drug-likeness (QED) is 0.617. The summed E-state index contributed by atoms with van der Waals surface area (Å²) in [5, 5.41) is 0.947. The van der Waals surface area contributed by atoms with Crippen molar-refractivity contribution >= 4 is 45.1 Å². The first-order chi connectivity index (χ1) is 10.5. The summed E-state index contributed by atoms with van der Waals surface area (Å²) >= 11 is 15.6. The summed E-state index contributed by atoms with van der Waals surface area (Å²) in [5.74, 6) is 0.0254. The molecule has 0 atom stereocenters. The Morgan fingerprint density at radius 1 is 1.18 bits per heavy atom. The predicted molar refractivity (Wildman–Crippen MR) is 90.9 cm³/mol. The standard InChI is InChI=1S/C16H13BrCl2O3/c1-2-21-16(20)11-7-12(17)15(14(19)8-11)22-9-10-5-3-4-6-13(10)18/h3-8H,2,9H2,1H3. The van der Waals surface area contributed by atoms with Crippen molar-refractivity contribution < 1.29 is 14.3 Å². The van der Waals surface area contributed by atoms with Crippen molar-refractivity contribution in [2.75, 3.05) is 6.61 Å². The van der Waals surface area contributed by atoms with E-state index < -0.39 is 5.97 Å². The van der Waals surface area contributed by atoms with Crippen LogP contribution in [-0.2, 0) is 11.3 Å². The van der Waals surface area contributed by atoms with E-state index in [4.69, 9.17) is 32.7 Å². The van der Waals surface area contributed by atoms with Crippen LogP contribution >= 0.6 is 39.1 Å². The molecule has 0 saturated heterocycles. The van der Waals surface area contributed by atoms with Crippen LogP contribution in [0.25, 0.3) is 0 Å². The highest BCUT2D eigenvalue weighted by atomic mass is 79.9. The van der Waals surface area contributed by atoms with Crippen molar-refractivity contribution in [3.8, 4) is 5.75 Å². The van der Waals surface area contributed by atoms with Crippen LogP contribution in [0.3, 0.4) is 0 Å². The summed E-state index contributed by atoms with van der Waals surface area (Å²) in [7, 11) is 0. The molecular weight excluding hydrogens is 391 g/mol. The maximum absolute atomic E-state index is 11.7. The molecule has 2 rings (SSSR count). The maximum Gasteiger partial charge on any atom is 0.338 e. The van der Waals surface area contributed by atoms with Crippen LogP contribution in [0.4, 0.5) is 0 Å². The lowest BCUT2D eigenvalue weighted by Crippen LogP contribution is -2.05. The Labute approximate surface area is 147 Å². The van der Waals surface area contributed by atoms with Crippen molar-refractivity contribution in [1.82, 2.24) is 0 Å². The molecule has 0 amide bonds. The Morgan fingerprint density at radius 2 is 1.91 bits per heavy atom. The van der Waals surface area contributed by atoms with Crippen LogP contribution < -0.4 is 4.74 Å². The zero-order valence-electron chi connectivity index (χ0n) is 11.7. The van der Waals surface area contributed by atoms with Gasteiger partial charge in [0.05, 0.1) is 21.7 Å². The van der Waals surface area contributed by atoms with Crippen molar-refractivity contribution in [3.05, 3.63) is 62.0 Å². The lowest BCUT2D eigenvalue weighted by molar-refractivity contribution is 0.0526. The average molecular weight is 404 g/mol. The van der Waals surface area contributed by atoms with Crippen LogP contribution in [0.15, 0.2) is 40.9 Å². The van der Waals surface area contributed by atoms with Gasteiger partial charge in [-0.15, -0.1) is 0 Å². The van der Waals surface area contributed by atoms with Crippen molar-refractivity contribution in [3.63, 3.8) is 0 Å². The monoisotopic (exact) mass is 402 g/mol. The van der Waals surface area contributed by atoms with Crippen LogP contribution in [-0.4, -0.2) is 12.6 Å². The number of halogens is 3. The van der Waals surface area contributed by atoms with Gasteiger partial charge in [0.2, 0.25) is 0 Å². The van der Waals surface area contributed by atoms with Gasteiger partial charge in [0.1, 0.15) is 6.61 Å². The molecule has 2 aromatic carbocycles. The van der Waals surface area contributed by atoms with Crippen molar-refractivity contribution in [2.24, 2.45) is 0 Å². The first kappa shape index (κ1) is 17.1. The number of ether oxygens (including phenoxy) is 2. The molecule has 0 aliphatic rings. The fourth-order valence-corrected chi connectivity index (χ4v) is 2.95. The highest BCUT2D eigenvalue weighted by Crippen LogP contribution is 2.35. The molecule has 0 heterocycles. The van der Waals surface area contributed by atoms with E-state index in [2.05, 4.69) is 15.9 Å². The van der Waals surface area contributed by atoms with E-state index in [0.29, 0.717) is 32.4 Å². The van der Waals surface area contributed by atoms with Crippen LogP contribution in [0.1, 0.15) is 22.8 Å². The minimum Gasteiger partial charge on any atom is -0.486 e. The SMILES string of the molecule is CCOC(=O)c1cc(Cl)c(OCc2ccccc2Cl)c(Br)c1. The van der Waals surface area contributed by atoms with Gasteiger partial charge in [0.25, 0.3) is 0 Å². The van der Waals surface area contributed by atoms with Gasteiger partial charge in [-0.2, -0.15) is 0 Å². The summed E-state index contributed by atoms with van der Waals surface area (Å²) in [4.78, 5) is 11.7. The van der Waals surface area contributed by atoms with Gasteiger partial charge in [-0.05, 0) is 41.1 Å². The number of rotatable bonds is 5. The number of esters is 1. The minimum absolute atomic E-state index is 0.275. The highest BCUT2D eigenvalue weighted by Gasteiger charge is 2.15. The molecule has 0 unspecified atom stereocenters. The summed E-state index contributed by atoms with van der Waals surface area (Å²) in [6.45, 7) is 2.32. The number of hydrogen-bond acceptors (Lipinski definition) is 3. The van der Waals surface area contributed by atoms with Crippen molar-refractivity contribution in [2.45, 2.75) is 13.5 Å². The van der Waals surface area contributed by atoms with Gasteiger partial charge in [-0.1, -0.05) is 41.4 Å². The van der Waals surface area contributed by atoms with E-state index in [0.717, 1.165) is 5.56 Å². The Balaban J connectivity index is 2.18. The topological polar surface area (TPSA) is 35.5 Å². The van der Waals surface area contributed by atoms with Crippen molar-refractivity contribution in [1.29, 1.82) is 0 Å². The summed E-state index contributed by atoms with van der Waals surface area (Å²) in [6, 6.07) is 10.5. The van der Waals surface area contributed by atoms with E-state index >= 15 is 0 Å². The molecule has 116 valence electrons. The molecule has 0 fully saturated rings. The van der Waals surface area contributed by atoms with Gasteiger partial charge in [0, 0.05) is 10.6 Å². The molecule has 3 nitrogen and oxygen atoms in total. The number of carbonyl (C=O) groups is 1. The van der Waals surface area contributed by atoms with Gasteiger partial charge >= 0.3 is 5.97 Å². The second-order valence-electron chi connectivity index (χ2n) is 4.37. The molecule has 0 N–H and O–H groups in total. The predicted octanol–water partition coefficient (Wildman–Crippen LogP) is 5.51. The Kier molecular flexibility index (Phi) is 6.12. The van der Waals surface area contributed by atoms with Gasteiger partial charge in [-0.25, -0.2) is 4.79 Å². The second-order valence-corrected chi connectivity index (χ2v) is 6.04. The third kappa shape index (κ3) is 4.15. The second kappa shape index (κ2) is 7.86. The minimum atomic E-state index is -0.428. The van der Waals surface area contributed by atoms with E-state index in [9.17, 15) is 4.79 Å². The molecule has 0 aromatic heterocycles. The largest absolute Gasteiger partial charge is 0.486 e. The zero-order valence-corrected chi connectivity index (χ0v) is 14.8. The molecule has 0 spiro atoms. The molecule has 0 aliphatic heterocycles. The number of carbonyl (C=O) groups excluding carboxylic acids is 1. The van der Waals surface area contributed by atoms with Gasteiger partial charge in [0.15, 0.2) is 5.75 Å². The van der Waals surface area contributed by atoms with E-state index in [1.54, 1.807) is 19.1 Å². The van der Waals surface area contributed by atoms with Crippen LogP contribution in [0.2, 0.25) is 10.0 Å². The fraction of sp³-hybridized carbons (Fsp3) is 0.188. The third-order valence-electron chi connectivity index (χ3n) is 2.84. The lowest BCUT2D eigenvalue weighted by Gasteiger charge is -2.12. The summed E-state index contributed by atoms with van der Waals surface area (Å²) < 4.78 is 11.2. The third-order valence-corrected chi connectivity index (χ3v) is 4.08. The van der Waals surface area contributed by atoms with Gasteiger partial charge < -0.3 is 9.47 Å². The smallest absolute Gasteiger partial charge is 0.338 e. The molecular formula is C16H13BrCl2O3. The summed E-state index contributed by atoms with van der Waals surface area (Å²) in [6.07, 6.45) is 0. The average Bonchev–Trinajstić information content (AvgIpc) is 2.48. The molecule has 0 bridgehead atoms. The van der Waals surface area contributed by atoms with Crippen LogP contribution in [0.5, 0.6) is 5.75 Å². The Morgan fingerprint density at radius 3 is 2.55 bits per heavy atom. The fourth-order valence-electron chi connectivity index (χ4n) is 1.80. The molecule has 22 heavy (non-hydrogen) atoms. The van der Waals surface area contributed by atoms with E-state index in [-0.39, 0.29) is 6.61 Å². The van der Waals surface area contributed by atoms with Gasteiger partial charge in [-0.3, -0.25) is 0 Å². The van der Waals surface area contributed by atoms with E-state index in [1.807, 2.05) is 18.2 Å². The Bertz CT molecular complexity index is 666. The van der Waals surface area contributed by atoms with E-state index in [1.165, 1.54) is 6.07 Å². The molecule has 6 heteroatoms. The Hall–Kier alpha value is -1.23. The first-order valence-electron chi connectivity index (χ1n) is 6.55. The lowest BCUT2D eigenvalue weighted by atomic mass is 10.2. The van der Waals surface area contributed by atoms with Crippen LogP contribution in [0, 0.1) is 0 Å². The molecule has 2 aromatic rings. The maximum atomic E-state index is 11.7.